The molecule has 0 aliphatic heterocycles. The van der Waals surface area contributed by atoms with Crippen LogP contribution >= 0.6 is 0 Å². The second-order valence-corrected chi connectivity index (χ2v) is 7.15. The van der Waals surface area contributed by atoms with E-state index in [0.717, 1.165) is 0 Å². The molecule has 7 nitrogen and oxygen atoms in total. The van der Waals surface area contributed by atoms with Crippen LogP contribution < -0.4 is 19.8 Å². The van der Waals surface area contributed by atoms with Crippen LogP contribution in [0.25, 0.3) is 27.6 Å². The van der Waals surface area contributed by atoms with Crippen LogP contribution in [0, 0.1) is 0 Å². The maximum Gasteiger partial charge on any atom is 0.355 e. The van der Waals surface area contributed by atoms with Crippen LogP contribution in [0.15, 0.2) is 71.5 Å². The predicted octanol–water partition coefficient (Wildman–Crippen LogP) is 4.47. The molecule has 0 atom stereocenters. The van der Waals surface area contributed by atoms with Gasteiger partial charge in [-0.15, -0.1) is 0 Å². The van der Waals surface area contributed by atoms with Crippen LogP contribution in [-0.4, -0.2) is 39.0 Å². The number of carbonyl (C=O) groups excluding carboxylic acids is 1. The number of fused-ring (bicyclic) bond motifs is 1. The van der Waals surface area contributed by atoms with Gasteiger partial charge in [-0.2, -0.15) is 0 Å². The van der Waals surface area contributed by atoms with Crippen molar-refractivity contribution in [1.82, 2.24) is 4.57 Å². The van der Waals surface area contributed by atoms with Gasteiger partial charge in [-0.25, -0.2) is 4.79 Å². The Balaban J connectivity index is 2.23. The van der Waals surface area contributed by atoms with E-state index < -0.39 is 5.97 Å². The molecule has 0 saturated heterocycles. The van der Waals surface area contributed by atoms with Crippen molar-refractivity contribution < 1.29 is 23.7 Å². The lowest BCUT2D eigenvalue weighted by Gasteiger charge is -2.20. The van der Waals surface area contributed by atoms with Crippen LogP contribution in [0.3, 0.4) is 0 Å². The SMILES string of the molecule is COC(=O)c1c(-c2cc(OC)c(OC)c(OC)c2)c2ccccc2c(=O)n1-c1ccccc1. The second kappa shape index (κ2) is 9.08. The molecule has 0 aliphatic rings. The van der Waals surface area contributed by atoms with Crippen LogP contribution in [0.4, 0.5) is 0 Å². The average Bonchev–Trinajstić information content (AvgIpc) is 2.87. The number of ether oxygens (including phenoxy) is 4. The summed E-state index contributed by atoms with van der Waals surface area (Å²) in [6.07, 6.45) is 0. The number of carbonyl (C=O) groups is 1. The first kappa shape index (κ1) is 22.0. The standard InChI is InChI=1S/C26H23NO6/c1-30-20-14-16(15-21(31-2)24(20)32-3)22-18-12-8-9-13-19(18)25(28)27(23(22)26(29)33-4)17-10-6-5-7-11-17/h5-15H,1-4H3. The summed E-state index contributed by atoms with van der Waals surface area (Å²) in [7, 11) is 5.85. The summed E-state index contributed by atoms with van der Waals surface area (Å²) in [6, 6.07) is 19.6. The lowest BCUT2D eigenvalue weighted by atomic mass is 9.95. The number of rotatable bonds is 6. The molecule has 7 heteroatoms. The smallest absolute Gasteiger partial charge is 0.355 e. The topological polar surface area (TPSA) is 76.0 Å². The Hall–Kier alpha value is -4.26. The Morgan fingerprint density at radius 2 is 1.33 bits per heavy atom. The minimum absolute atomic E-state index is 0.0988. The van der Waals surface area contributed by atoms with Gasteiger partial charge in [0.15, 0.2) is 11.5 Å². The summed E-state index contributed by atoms with van der Waals surface area (Å²) in [5.74, 6) is 0.614. The first-order valence-corrected chi connectivity index (χ1v) is 10.2. The summed E-state index contributed by atoms with van der Waals surface area (Å²) >= 11 is 0. The highest BCUT2D eigenvalue weighted by molar-refractivity contribution is 6.07. The fraction of sp³-hybridized carbons (Fsp3) is 0.154. The number of pyridine rings is 1. The van der Waals surface area contributed by atoms with Gasteiger partial charge in [0.05, 0.1) is 28.4 Å². The molecule has 3 aromatic carbocycles. The fourth-order valence-electron chi connectivity index (χ4n) is 3.98. The molecule has 0 saturated carbocycles. The Morgan fingerprint density at radius 3 is 1.88 bits per heavy atom. The Bertz CT molecular complexity index is 1370. The van der Waals surface area contributed by atoms with E-state index in [1.54, 1.807) is 54.6 Å². The fourth-order valence-corrected chi connectivity index (χ4v) is 3.98. The van der Waals surface area contributed by atoms with Gasteiger partial charge in [0.25, 0.3) is 5.56 Å². The van der Waals surface area contributed by atoms with Crippen LogP contribution in [0.2, 0.25) is 0 Å². The van der Waals surface area contributed by atoms with Gasteiger partial charge < -0.3 is 18.9 Å². The molecule has 0 aliphatic carbocycles. The number of esters is 1. The first-order valence-electron chi connectivity index (χ1n) is 10.2. The summed E-state index contributed by atoms with van der Waals surface area (Å²) in [5, 5.41) is 1.06. The molecule has 0 spiro atoms. The van der Waals surface area contributed by atoms with Gasteiger partial charge >= 0.3 is 5.97 Å². The summed E-state index contributed by atoms with van der Waals surface area (Å²) in [4.78, 5) is 26.7. The Labute approximate surface area is 190 Å². The van der Waals surface area contributed by atoms with E-state index >= 15 is 0 Å². The highest BCUT2D eigenvalue weighted by Gasteiger charge is 2.26. The van der Waals surface area contributed by atoms with Crippen molar-refractivity contribution in [2.45, 2.75) is 0 Å². The van der Waals surface area contributed by atoms with E-state index in [4.69, 9.17) is 18.9 Å². The average molecular weight is 445 g/mol. The van der Waals surface area contributed by atoms with E-state index in [9.17, 15) is 9.59 Å². The number of benzene rings is 3. The number of nitrogens with zero attached hydrogens (tertiary/aromatic N) is 1. The molecule has 0 bridgehead atoms. The Morgan fingerprint density at radius 1 is 0.758 bits per heavy atom. The van der Waals surface area contributed by atoms with Gasteiger partial charge in [-0.3, -0.25) is 9.36 Å². The van der Waals surface area contributed by atoms with Crippen molar-refractivity contribution in [2.75, 3.05) is 28.4 Å². The predicted molar refractivity (Wildman–Crippen MR) is 126 cm³/mol. The van der Waals surface area contributed by atoms with E-state index in [1.165, 1.54) is 33.0 Å². The van der Waals surface area contributed by atoms with E-state index in [0.29, 0.717) is 44.8 Å². The molecule has 33 heavy (non-hydrogen) atoms. The second-order valence-electron chi connectivity index (χ2n) is 7.15. The monoisotopic (exact) mass is 445 g/mol. The van der Waals surface area contributed by atoms with Crippen molar-refractivity contribution in [2.24, 2.45) is 0 Å². The highest BCUT2D eigenvalue weighted by atomic mass is 16.5. The zero-order valence-corrected chi connectivity index (χ0v) is 18.7. The third kappa shape index (κ3) is 3.67. The normalized spacial score (nSPS) is 10.7. The molecular weight excluding hydrogens is 422 g/mol. The number of aromatic nitrogens is 1. The summed E-state index contributed by atoms with van der Waals surface area (Å²) in [6.45, 7) is 0. The summed E-state index contributed by atoms with van der Waals surface area (Å²) in [5.41, 5.74) is 1.43. The lowest BCUT2D eigenvalue weighted by Crippen LogP contribution is -2.26. The molecule has 1 heterocycles. The summed E-state index contributed by atoms with van der Waals surface area (Å²) < 4.78 is 23.0. The third-order valence-electron chi connectivity index (χ3n) is 5.44. The molecule has 0 fully saturated rings. The number of hydrogen-bond acceptors (Lipinski definition) is 6. The van der Waals surface area contributed by atoms with Gasteiger partial charge in [-0.1, -0.05) is 36.4 Å². The van der Waals surface area contributed by atoms with E-state index in [1.807, 2.05) is 12.1 Å². The lowest BCUT2D eigenvalue weighted by molar-refractivity contribution is 0.0591. The third-order valence-corrected chi connectivity index (χ3v) is 5.44. The van der Waals surface area contributed by atoms with Gasteiger partial charge in [-0.05, 0) is 41.3 Å². The first-order chi connectivity index (χ1) is 16.0. The van der Waals surface area contributed by atoms with Crippen molar-refractivity contribution in [3.8, 4) is 34.1 Å². The van der Waals surface area contributed by atoms with E-state index in [-0.39, 0.29) is 11.3 Å². The molecule has 168 valence electrons. The number of para-hydroxylation sites is 1. The minimum Gasteiger partial charge on any atom is -0.493 e. The number of methoxy groups -OCH3 is 4. The zero-order valence-electron chi connectivity index (χ0n) is 18.7. The molecule has 0 amide bonds. The van der Waals surface area contributed by atoms with Crippen molar-refractivity contribution >= 4 is 16.7 Å². The molecule has 0 N–H and O–H groups in total. The molecular formula is C26H23NO6. The highest BCUT2D eigenvalue weighted by Crippen LogP contribution is 2.43. The zero-order chi connectivity index (χ0) is 23.5. The Kier molecular flexibility index (Phi) is 6.04. The molecule has 0 unspecified atom stereocenters. The van der Waals surface area contributed by atoms with Gasteiger partial charge in [0.2, 0.25) is 5.75 Å². The molecule has 4 rings (SSSR count). The molecule has 4 aromatic rings. The van der Waals surface area contributed by atoms with Crippen LogP contribution in [0.5, 0.6) is 17.2 Å². The largest absolute Gasteiger partial charge is 0.493 e. The van der Waals surface area contributed by atoms with Crippen molar-refractivity contribution in [1.29, 1.82) is 0 Å². The van der Waals surface area contributed by atoms with Crippen molar-refractivity contribution in [3.63, 3.8) is 0 Å². The maximum absolute atomic E-state index is 13.6. The van der Waals surface area contributed by atoms with Crippen molar-refractivity contribution in [3.05, 3.63) is 82.8 Å². The molecule has 0 radical (unpaired) electrons. The maximum atomic E-state index is 13.6. The number of hydrogen-bond donors (Lipinski definition) is 0. The quantitative estimate of drug-likeness (QED) is 0.408. The minimum atomic E-state index is -0.648. The van der Waals surface area contributed by atoms with Crippen LogP contribution in [0.1, 0.15) is 10.5 Å². The van der Waals surface area contributed by atoms with E-state index in [2.05, 4.69) is 0 Å². The van der Waals surface area contributed by atoms with Gasteiger partial charge in [0, 0.05) is 16.6 Å². The van der Waals surface area contributed by atoms with Crippen LogP contribution in [-0.2, 0) is 4.74 Å². The molecule has 1 aromatic heterocycles. The van der Waals surface area contributed by atoms with Gasteiger partial charge in [0.1, 0.15) is 5.69 Å².